The minimum atomic E-state index is 0.0523. The maximum atomic E-state index is 10.2. The first-order valence-corrected chi connectivity index (χ1v) is 4.75. The lowest BCUT2D eigenvalue weighted by Gasteiger charge is -2.19. The van der Waals surface area contributed by atoms with Crippen LogP contribution in [0.3, 0.4) is 0 Å². The lowest BCUT2D eigenvalue weighted by molar-refractivity contribution is 0.414. The van der Waals surface area contributed by atoms with Crippen LogP contribution in [0.1, 0.15) is 26.3 Å². The molecule has 80 valence electrons. The molecule has 1 aromatic rings. The maximum absolute atomic E-state index is 10.2. The van der Waals surface area contributed by atoms with E-state index in [-0.39, 0.29) is 5.41 Å². The fraction of sp³-hybridized carbons (Fsp3) is 0.417. The molecule has 0 aliphatic carbocycles. The molecule has 0 spiro atoms. The average Bonchev–Trinajstić information content (AvgIpc) is 2.17. The van der Waals surface area contributed by atoms with E-state index in [9.17, 15) is 4.79 Å². The molecule has 0 unspecified atom stereocenters. The molecule has 0 atom stereocenters. The highest BCUT2D eigenvalue weighted by Gasteiger charge is 2.15. The molecular formula is C12H15NO2. The van der Waals surface area contributed by atoms with Gasteiger partial charge in [-0.05, 0) is 23.1 Å². The lowest BCUT2D eigenvalue weighted by atomic mass is 9.87. The quantitative estimate of drug-likeness (QED) is 0.550. The molecule has 1 aromatic carbocycles. The Morgan fingerprint density at radius 2 is 2.00 bits per heavy atom. The summed E-state index contributed by atoms with van der Waals surface area (Å²) < 4.78 is 5.16. The minimum Gasteiger partial charge on any atom is -0.494 e. The van der Waals surface area contributed by atoms with Crippen LogP contribution in [0.25, 0.3) is 0 Å². The molecule has 3 heteroatoms. The van der Waals surface area contributed by atoms with Gasteiger partial charge in [0.05, 0.1) is 7.11 Å². The number of carbonyl (C=O) groups excluding carboxylic acids is 1. The van der Waals surface area contributed by atoms with Gasteiger partial charge >= 0.3 is 0 Å². The van der Waals surface area contributed by atoms with Gasteiger partial charge in [0.25, 0.3) is 0 Å². The Morgan fingerprint density at radius 1 is 1.33 bits per heavy atom. The van der Waals surface area contributed by atoms with Crippen LogP contribution in [0, 0.1) is 0 Å². The summed E-state index contributed by atoms with van der Waals surface area (Å²) in [7, 11) is 1.56. The predicted molar refractivity (Wildman–Crippen MR) is 59.5 cm³/mol. The zero-order chi connectivity index (χ0) is 11.5. The number of aliphatic imine (C=N–C) groups is 1. The van der Waals surface area contributed by atoms with E-state index in [0.29, 0.717) is 11.4 Å². The van der Waals surface area contributed by atoms with Crippen LogP contribution in [0.15, 0.2) is 23.2 Å². The Morgan fingerprint density at radius 3 is 2.47 bits per heavy atom. The number of methoxy groups -OCH3 is 1. The molecule has 0 aliphatic heterocycles. The summed E-state index contributed by atoms with van der Waals surface area (Å²) >= 11 is 0. The minimum absolute atomic E-state index is 0.0523. The molecule has 0 amide bonds. The van der Waals surface area contributed by atoms with Gasteiger partial charge in [0.15, 0.2) is 0 Å². The molecule has 0 saturated heterocycles. The third-order valence-corrected chi connectivity index (χ3v) is 2.21. The Kier molecular flexibility index (Phi) is 3.28. The van der Waals surface area contributed by atoms with Gasteiger partial charge in [-0.25, -0.2) is 4.79 Å². The van der Waals surface area contributed by atoms with Crippen LogP contribution in [0.4, 0.5) is 5.69 Å². The van der Waals surface area contributed by atoms with Gasteiger partial charge in [-0.15, -0.1) is 0 Å². The number of isocyanates is 1. The number of rotatable bonds is 2. The van der Waals surface area contributed by atoms with Crippen LogP contribution in [0.2, 0.25) is 0 Å². The van der Waals surface area contributed by atoms with E-state index in [1.165, 1.54) is 6.08 Å². The van der Waals surface area contributed by atoms with Gasteiger partial charge < -0.3 is 4.74 Å². The van der Waals surface area contributed by atoms with Crippen molar-refractivity contribution < 1.29 is 9.53 Å². The van der Waals surface area contributed by atoms with E-state index in [4.69, 9.17) is 4.74 Å². The fourth-order valence-electron chi connectivity index (χ4n) is 1.29. The summed E-state index contributed by atoms with van der Waals surface area (Å²) in [6, 6.07) is 5.61. The molecule has 0 aromatic heterocycles. The Labute approximate surface area is 89.8 Å². The van der Waals surface area contributed by atoms with Crippen LogP contribution in [-0.4, -0.2) is 13.2 Å². The second-order valence-corrected chi connectivity index (χ2v) is 4.34. The predicted octanol–water partition coefficient (Wildman–Crippen LogP) is 2.96. The van der Waals surface area contributed by atoms with Crippen molar-refractivity contribution >= 4 is 11.8 Å². The van der Waals surface area contributed by atoms with Crippen molar-refractivity contribution in [2.45, 2.75) is 26.2 Å². The Hall–Kier alpha value is -1.60. The van der Waals surface area contributed by atoms with E-state index in [0.717, 1.165) is 5.56 Å². The number of benzene rings is 1. The number of nitrogens with zero attached hydrogens (tertiary/aromatic N) is 1. The normalized spacial score (nSPS) is 10.7. The molecule has 0 N–H and O–H groups in total. The summed E-state index contributed by atoms with van der Waals surface area (Å²) in [5, 5.41) is 0. The molecule has 0 saturated carbocycles. The van der Waals surface area contributed by atoms with Gasteiger partial charge in [-0.3, -0.25) is 0 Å². The molecule has 0 radical (unpaired) electrons. The standard InChI is InChI=1S/C12H15NO2/c1-12(2,3)9-5-6-10(13-8-14)11(7-9)15-4/h5-7H,1-4H3. The topological polar surface area (TPSA) is 38.7 Å². The molecular weight excluding hydrogens is 190 g/mol. The SMILES string of the molecule is COc1cc(C(C)(C)C)ccc1N=C=O. The molecule has 3 nitrogen and oxygen atoms in total. The van der Waals surface area contributed by atoms with Crippen molar-refractivity contribution in [1.29, 1.82) is 0 Å². The number of hydrogen-bond acceptors (Lipinski definition) is 3. The summed E-state index contributed by atoms with van der Waals surface area (Å²) in [6.07, 6.45) is 1.51. The van der Waals surface area contributed by atoms with Crippen LogP contribution in [-0.2, 0) is 10.2 Å². The van der Waals surface area contributed by atoms with Crippen molar-refractivity contribution in [2.75, 3.05) is 7.11 Å². The lowest BCUT2D eigenvalue weighted by Crippen LogP contribution is -2.10. The van der Waals surface area contributed by atoms with E-state index >= 15 is 0 Å². The van der Waals surface area contributed by atoms with Gasteiger partial charge in [0, 0.05) is 0 Å². The van der Waals surface area contributed by atoms with Gasteiger partial charge in [0.2, 0.25) is 6.08 Å². The maximum Gasteiger partial charge on any atom is 0.240 e. The zero-order valence-corrected chi connectivity index (χ0v) is 9.50. The smallest absolute Gasteiger partial charge is 0.240 e. The molecule has 0 bridgehead atoms. The highest BCUT2D eigenvalue weighted by molar-refractivity contribution is 5.59. The summed E-state index contributed by atoms with van der Waals surface area (Å²) in [5.41, 5.74) is 1.71. The average molecular weight is 205 g/mol. The largest absolute Gasteiger partial charge is 0.494 e. The molecule has 0 fully saturated rings. The second kappa shape index (κ2) is 4.28. The highest BCUT2D eigenvalue weighted by atomic mass is 16.5. The third-order valence-electron chi connectivity index (χ3n) is 2.21. The van der Waals surface area contributed by atoms with E-state index in [1.807, 2.05) is 12.1 Å². The molecule has 15 heavy (non-hydrogen) atoms. The van der Waals surface area contributed by atoms with E-state index in [1.54, 1.807) is 13.2 Å². The van der Waals surface area contributed by atoms with Gasteiger partial charge in [-0.1, -0.05) is 26.8 Å². The highest BCUT2D eigenvalue weighted by Crippen LogP contribution is 2.32. The van der Waals surface area contributed by atoms with E-state index < -0.39 is 0 Å². The Bertz CT molecular complexity index is 399. The first-order valence-electron chi connectivity index (χ1n) is 4.75. The van der Waals surface area contributed by atoms with Crippen molar-refractivity contribution in [3.63, 3.8) is 0 Å². The van der Waals surface area contributed by atoms with Crippen molar-refractivity contribution in [3.8, 4) is 5.75 Å². The van der Waals surface area contributed by atoms with E-state index in [2.05, 4.69) is 25.8 Å². The fourth-order valence-corrected chi connectivity index (χ4v) is 1.29. The first kappa shape index (κ1) is 11.5. The summed E-state index contributed by atoms with van der Waals surface area (Å²) in [5.74, 6) is 0.603. The monoisotopic (exact) mass is 205 g/mol. The summed E-state index contributed by atoms with van der Waals surface area (Å²) in [4.78, 5) is 13.7. The zero-order valence-electron chi connectivity index (χ0n) is 9.50. The van der Waals surface area contributed by atoms with Crippen LogP contribution < -0.4 is 4.74 Å². The first-order chi connectivity index (χ1) is 6.99. The molecule has 0 heterocycles. The van der Waals surface area contributed by atoms with Crippen molar-refractivity contribution in [3.05, 3.63) is 23.8 Å². The molecule has 0 aliphatic rings. The van der Waals surface area contributed by atoms with Gasteiger partial charge in [-0.2, -0.15) is 4.99 Å². The van der Waals surface area contributed by atoms with Crippen molar-refractivity contribution in [2.24, 2.45) is 4.99 Å². The van der Waals surface area contributed by atoms with Crippen molar-refractivity contribution in [1.82, 2.24) is 0 Å². The van der Waals surface area contributed by atoms with Crippen LogP contribution in [0.5, 0.6) is 5.75 Å². The number of hydrogen-bond donors (Lipinski definition) is 0. The van der Waals surface area contributed by atoms with Crippen LogP contribution >= 0.6 is 0 Å². The van der Waals surface area contributed by atoms with Gasteiger partial charge in [0.1, 0.15) is 11.4 Å². The summed E-state index contributed by atoms with van der Waals surface area (Å²) in [6.45, 7) is 6.35. The third kappa shape index (κ3) is 2.67. The Balaban J connectivity index is 3.25. The second-order valence-electron chi connectivity index (χ2n) is 4.34. The molecule has 1 rings (SSSR count). The number of ether oxygens (including phenoxy) is 1.